The Hall–Kier alpha value is -3.23. The molecule has 3 rings (SSSR count). The van der Waals surface area contributed by atoms with Crippen molar-refractivity contribution in [3.05, 3.63) is 41.7 Å². The molecule has 1 aromatic heterocycles. The molecule has 0 saturated heterocycles. The van der Waals surface area contributed by atoms with E-state index in [1.807, 2.05) is 11.9 Å². The summed E-state index contributed by atoms with van der Waals surface area (Å²) in [6.45, 7) is -0.161. The van der Waals surface area contributed by atoms with Crippen molar-refractivity contribution in [2.75, 3.05) is 12.4 Å². The first-order chi connectivity index (χ1) is 13.4. The van der Waals surface area contributed by atoms with Crippen LogP contribution in [0.2, 0.25) is 0 Å². The number of aromatic nitrogens is 3. The summed E-state index contributed by atoms with van der Waals surface area (Å²) in [6.07, 6.45) is 6.83. The first-order valence-corrected chi connectivity index (χ1v) is 9.24. The third-order valence-electron chi connectivity index (χ3n) is 4.92. The highest BCUT2D eigenvalue weighted by atomic mass is 16.4. The zero-order chi connectivity index (χ0) is 20.1. The van der Waals surface area contributed by atoms with Gasteiger partial charge < -0.3 is 15.3 Å². The van der Waals surface area contributed by atoms with E-state index >= 15 is 0 Å². The second kappa shape index (κ2) is 8.64. The number of nitrogens with zero attached hydrogens (tertiary/aromatic N) is 4. The summed E-state index contributed by atoms with van der Waals surface area (Å²) < 4.78 is 1.15. The number of benzene rings is 1. The molecule has 28 heavy (non-hydrogen) atoms. The van der Waals surface area contributed by atoms with Crippen molar-refractivity contribution in [3.63, 3.8) is 0 Å². The quantitative estimate of drug-likeness (QED) is 0.785. The Morgan fingerprint density at radius 1 is 1.18 bits per heavy atom. The van der Waals surface area contributed by atoms with E-state index in [4.69, 9.17) is 5.11 Å². The van der Waals surface area contributed by atoms with Crippen molar-refractivity contribution < 1.29 is 19.5 Å². The summed E-state index contributed by atoms with van der Waals surface area (Å²) in [4.78, 5) is 37.3. The number of amides is 2. The molecule has 0 aliphatic heterocycles. The predicted molar refractivity (Wildman–Crippen MR) is 101 cm³/mol. The molecule has 0 spiro atoms. The van der Waals surface area contributed by atoms with Gasteiger partial charge in [-0.1, -0.05) is 24.5 Å². The molecule has 1 aromatic carbocycles. The first kappa shape index (κ1) is 19.5. The Morgan fingerprint density at radius 2 is 1.86 bits per heavy atom. The van der Waals surface area contributed by atoms with Gasteiger partial charge in [-0.3, -0.25) is 9.59 Å². The Morgan fingerprint density at radius 3 is 2.46 bits per heavy atom. The third-order valence-corrected chi connectivity index (χ3v) is 4.92. The van der Waals surface area contributed by atoms with Crippen LogP contribution in [-0.2, 0) is 11.3 Å². The molecule has 1 fully saturated rings. The van der Waals surface area contributed by atoms with Gasteiger partial charge in [-0.05, 0) is 37.1 Å². The molecule has 2 aromatic rings. The minimum atomic E-state index is -1.20. The van der Waals surface area contributed by atoms with Crippen molar-refractivity contribution in [2.24, 2.45) is 0 Å². The standard InChI is InChI=1S/C19H23N5O4/c1-23(15-5-3-2-4-6-15)18(26)13-7-9-14(10-8-13)20-17(25)12-24-11-16(19(27)28)21-22-24/h7-11,15H,2-6,12H2,1H3,(H,20,25)(H,27,28). The van der Waals surface area contributed by atoms with Crippen LogP contribution >= 0.6 is 0 Å². The second-order valence-electron chi connectivity index (χ2n) is 6.94. The van der Waals surface area contributed by atoms with Gasteiger partial charge in [-0.15, -0.1) is 5.10 Å². The van der Waals surface area contributed by atoms with Crippen LogP contribution in [0.25, 0.3) is 0 Å². The Balaban J connectivity index is 1.56. The van der Waals surface area contributed by atoms with Crippen molar-refractivity contribution >= 4 is 23.5 Å². The average molecular weight is 385 g/mol. The number of anilines is 1. The summed E-state index contributed by atoms with van der Waals surface area (Å²) in [6, 6.07) is 7.01. The van der Waals surface area contributed by atoms with Crippen LogP contribution in [0.4, 0.5) is 5.69 Å². The summed E-state index contributed by atoms with van der Waals surface area (Å²) in [7, 11) is 1.84. The number of carboxylic acid groups (broad SMARTS) is 1. The normalized spacial score (nSPS) is 14.5. The van der Waals surface area contributed by atoms with E-state index in [0.717, 1.165) is 30.4 Å². The van der Waals surface area contributed by atoms with Crippen molar-refractivity contribution in [3.8, 4) is 0 Å². The highest BCUT2D eigenvalue weighted by Crippen LogP contribution is 2.23. The van der Waals surface area contributed by atoms with Crippen molar-refractivity contribution in [1.29, 1.82) is 0 Å². The van der Waals surface area contributed by atoms with Gasteiger partial charge in [0.05, 0.1) is 6.20 Å². The number of rotatable bonds is 6. The van der Waals surface area contributed by atoms with E-state index in [1.54, 1.807) is 24.3 Å². The number of hydrogen-bond acceptors (Lipinski definition) is 5. The molecule has 0 atom stereocenters. The number of aromatic carboxylic acids is 1. The van der Waals surface area contributed by atoms with Crippen LogP contribution < -0.4 is 5.32 Å². The molecule has 2 amide bonds. The molecule has 1 aliphatic carbocycles. The molecule has 0 unspecified atom stereocenters. The van der Waals surface area contributed by atoms with E-state index in [1.165, 1.54) is 12.6 Å². The summed E-state index contributed by atoms with van der Waals surface area (Å²) >= 11 is 0. The Labute approximate surface area is 162 Å². The molecular formula is C19H23N5O4. The zero-order valence-electron chi connectivity index (χ0n) is 15.7. The van der Waals surface area contributed by atoms with Crippen LogP contribution in [0, 0.1) is 0 Å². The number of hydrogen-bond donors (Lipinski definition) is 2. The van der Waals surface area contributed by atoms with Gasteiger partial charge in [-0.2, -0.15) is 0 Å². The van der Waals surface area contributed by atoms with Gasteiger partial charge in [0.15, 0.2) is 5.69 Å². The van der Waals surface area contributed by atoms with Crippen LogP contribution in [0.15, 0.2) is 30.5 Å². The second-order valence-corrected chi connectivity index (χ2v) is 6.94. The van der Waals surface area contributed by atoms with E-state index in [0.29, 0.717) is 17.3 Å². The fourth-order valence-electron chi connectivity index (χ4n) is 3.36. The number of carboxylic acids is 1. The molecular weight excluding hydrogens is 362 g/mol. The molecule has 9 nitrogen and oxygen atoms in total. The monoisotopic (exact) mass is 385 g/mol. The van der Waals surface area contributed by atoms with Crippen molar-refractivity contribution in [2.45, 2.75) is 44.7 Å². The summed E-state index contributed by atoms with van der Waals surface area (Å²) in [5, 5.41) is 18.5. The van der Waals surface area contributed by atoms with Crippen LogP contribution in [0.3, 0.4) is 0 Å². The minimum Gasteiger partial charge on any atom is -0.476 e. The maximum Gasteiger partial charge on any atom is 0.358 e. The number of nitrogens with one attached hydrogen (secondary N) is 1. The third kappa shape index (κ3) is 4.73. The van der Waals surface area contributed by atoms with Gasteiger partial charge in [-0.25, -0.2) is 9.48 Å². The minimum absolute atomic E-state index is 0.0198. The maximum absolute atomic E-state index is 12.6. The molecule has 148 valence electrons. The fraction of sp³-hybridized carbons (Fsp3) is 0.421. The highest BCUT2D eigenvalue weighted by molar-refractivity contribution is 5.95. The Kier molecular flexibility index (Phi) is 6.03. The molecule has 2 N–H and O–H groups in total. The van der Waals surface area contributed by atoms with Crippen LogP contribution in [0.5, 0.6) is 0 Å². The van der Waals surface area contributed by atoms with Gasteiger partial charge in [0.1, 0.15) is 6.54 Å². The summed E-state index contributed by atoms with van der Waals surface area (Å²) in [5.74, 6) is -1.60. The van der Waals surface area contributed by atoms with Gasteiger partial charge in [0.2, 0.25) is 5.91 Å². The van der Waals surface area contributed by atoms with Crippen LogP contribution in [0.1, 0.15) is 53.0 Å². The SMILES string of the molecule is CN(C(=O)c1ccc(NC(=O)Cn2cc(C(=O)O)nn2)cc1)C1CCCCC1. The average Bonchev–Trinajstić information content (AvgIpc) is 3.17. The highest BCUT2D eigenvalue weighted by Gasteiger charge is 2.23. The summed E-state index contributed by atoms with van der Waals surface area (Å²) in [5.41, 5.74) is 0.895. The van der Waals surface area contributed by atoms with E-state index in [2.05, 4.69) is 15.6 Å². The smallest absolute Gasteiger partial charge is 0.358 e. The fourth-order valence-corrected chi connectivity index (χ4v) is 3.36. The zero-order valence-corrected chi connectivity index (χ0v) is 15.7. The van der Waals surface area contributed by atoms with Crippen molar-refractivity contribution in [1.82, 2.24) is 19.9 Å². The van der Waals surface area contributed by atoms with E-state index in [-0.39, 0.29) is 24.1 Å². The lowest BCUT2D eigenvalue weighted by atomic mass is 9.94. The van der Waals surface area contributed by atoms with Crippen LogP contribution in [-0.4, -0.2) is 55.9 Å². The number of carbonyl (C=O) groups excluding carboxylic acids is 2. The van der Waals surface area contributed by atoms with E-state index < -0.39 is 5.97 Å². The van der Waals surface area contributed by atoms with Gasteiger partial charge >= 0.3 is 5.97 Å². The molecule has 0 radical (unpaired) electrons. The molecule has 1 saturated carbocycles. The van der Waals surface area contributed by atoms with Gasteiger partial charge in [0.25, 0.3) is 5.91 Å². The maximum atomic E-state index is 12.6. The lowest BCUT2D eigenvalue weighted by Gasteiger charge is -2.31. The molecule has 0 bridgehead atoms. The lowest BCUT2D eigenvalue weighted by molar-refractivity contribution is -0.116. The predicted octanol–water partition coefficient (Wildman–Crippen LogP) is 2.02. The van der Waals surface area contributed by atoms with Gasteiger partial charge in [0, 0.05) is 24.3 Å². The topological polar surface area (TPSA) is 117 Å². The Bertz CT molecular complexity index is 855. The molecule has 9 heteroatoms. The number of carbonyl (C=O) groups is 3. The molecule has 1 heterocycles. The first-order valence-electron chi connectivity index (χ1n) is 9.24. The molecule has 1 aliphatic rings. The lowest BCUT2D eigenvalue weighted by Crippen LogP contribution is -2.38. The van der Waals surface area contributed by atoms with E-state index in [9.17, 15) is 14.4 Å². The largest absolute Gasteiger partial charge is 0.476 e.